The molecule has 1 saturated heterocycles. The quantitative estimate of drug-likeness (QED) is 0.884. The highest BCUT2D eigenvalue weighted by atomic mass is 16.6. The standard InChI is InChI=1S/C22H24N2O4/c1-15(25)23-18-7-4-16(5-8-18)13-22(26)24-10-2-3-19(24)17-6-9-20-21(14-17)28-12-11-27-20/h4-9,14,19H,2-3,10-13H2,1H3,(H,23,25)/t19-/m0/s1. The Morgan fingerprint density at radius 3 is 2.57 bits per heavy atom. The van der Waals surface area contributed by atoms with E-state index in [2.05, 4.69) is 5.32 Å². The van der Waals surface area contributed by atoms with Crippen LogP contribution in [0, 0.1) is 0 Å². The molecule has 0 aromatic heterocycles. The summed E-state index contributed by atoms with van der Waals surface area (Å²) in [7, 11) is 0. The van der Waals surface area contributed by atoms with Crippen molar-refractivity contribution in [1.29, 1.82) is 0 Å². The van der Waals surface area contributed by atoms with E-state index in [0.717, 1.165) is 47.7 Å². The van der Waals surface area contributed by atoms with Gasteiger partial charge < -0.3 is 19.7 Å². The summed E-state index contributed by atoms with van der Waals surface area (Å²) >= 11 is 0. The SMILES string of the molecule is CC(=O)Nc1ccc(CC(=O)N2CCC[C@H]2c2ccc3c(c2)OCCO3)cc1. The number of rotatable bonds is 4. The lowest BCUT2D eigenvalue weighted by atomic mass is 10.0. The average Bonchev–Trinajstić information content (AvgIpc) is 3.19. The monoisotopic (exact) mass is 380 g/mol. The third-order valence-electron chi connectivity index (χ3n) is 5.15. The minimum atomic E-state index is -0.108. The van der Waals surface area contributed by atoms with Crippen LogP contribution in [0.1, 0.15) is 36.9 Å². The molecule has 2 aliphatic rings. The van der Waals surface area contributed by atoms with Crippen molar-refractivity contribution < 1.29 is 19.1 Å². The molecule has 1 fully saturated rings. The van der Waals surface area contributed by atoms with Crippen molar-refractivity contribution in [2.45, 2.75) is 32.2 Å². The van der Waals surface area contributed by atoms with Crippen molar-refractivity contribution >= 4 is 17.5 Å². The normalized spacial score (nSPS) is 18.0. The van der Waals surface area contributed by atoms with Gasteiger partial charge in [-0.15, -0.1) is 0 Å². The highest BCUT2D eigenvalue weighted by molar-refractivity contribution is 5.88. The lowest BCUT2D eigenvalue weighted by Crippen LogP contribution is -2.32. The van der Waals surface area contributed by atoms with E-state index in [1.165, 1.54) is 6.92 Å². The summed E-state index contributed by atoms with van der Waals surface area (Å²) in [6.45, 7) is 3.37. The zero-order valence-corrected chi connectivity index (χ0v) is 15.9. The van der Waals surface area contributed by atoms with Gasteiger partial charge in [0.25, 0.3) is 0 Å². The van der Waals surface area contributed by atoms with E-state index in [9.17, 15) is 9.59 Å². The predicted molar refractivity (Wildman–Crippen MR) is 106 cm³/mol. The third kappa shape index (κ3) is 3.96. The van der Waals surface area contributed by atoms with Gasteiger partial charge in [0.05, 0.1) is 12.5 Å². The van der Waals surface area contributed by atoms with Crippen LogP contribution in [0.4, 0.5) is 5.69 Å². The van der Waals surface area contributed by atoms with Crippen LogP contribution in [0.2, 0.25) is 0 Å². The molecule has 0 spiro atoms. The molecule has 0 radical (unpaired) electrons. The maximum absolute atomic E-state index is 13.0. The Hall–Kier alpha value is -3.02. The number of fused-ring (bicyclic) bond motifs is 1. The summed E-state index contributed by atoms with van der Waals surface area (Å²) in [5.74, 6) is 1.54. The second-order valence-corrected chi connectivity index (χ2v) is 7.20. The zero-order valence-electron chi connectivity index (χ0n) is 15.9. The summed E-state index contributed by atoms with van der Waals surface area (Å²) in [6, 6.07) is 13.5. The number of anilines is 1. The van der Waals surface area contributed by atoms with E-state index < -0.39 is 0 Å². The number of carbonyl (C=O) groups excluding carboxylic acids is 2. The number of nitrogens with zero attached hydrogens (tertiary/aromatic N) is 1. The number of hydrogen-bond acceptors (Lipinski definition) is 4. The molecule has 1 atom stereocenters. The summed E-state index contributed by atoms with van der Waals surface area (Å²) in [5.41, 5.74) is 2.77. The molecule has 146 valence electrons. The minimum absolute atomic E-state index is 0.0713. The van der Waals surface area contributed by atoms with Crippen LogP contribution in [-0.2, 0) is 16.0 Å². The van der Waals surface area contributed by atoms with Crippen molar-refractivity contribution in [2.75, 3.05) is 25.1 Å². The van der Waals surface area contributed by atoms with Crippen LogP contribution in [0.3, 0.4) is 0 Å². The van der Waals surface area contributed by atoms with E-state index in [1.54, 1.807) is 0 Å². The molecule has 2 aromatic rings. The smallest absolute Gasteiger partial charge is 0.227 e. The Morgan fingerprint density at radius 1 is 1.07 bits per heavy atom. The maximum atomic E-state index is 13.0. The van der Waals surface area contributed by atoms with Gasteiger partial charge in [0, 0.05) is 19.2 Å². The Balaban J connectivity index is 1.45. The lowest BCUT2D eigenvalue weighted by molar-refractivity contribution is -0.131. The van der Waals surface area contributed by atoms with Crippen molar-refractivity contribution in [1.82, 2.24) is 4.90 Å². The van der Waals surface area contributed by atoms with Crippen LogP contribution >= 0.6 is 0 Å². The van der Waals surface area contributed by atoms with E-state index in [0.29, 0.717) is 19.6 Å². The zero-order chi connectivity index (χ0) is 19.5. The van der Waals surface area contributed by atoms with E-state index >= 15 is 0 Å². The molecule has 2 aliphatic heterocycles. The van der Waals surface area contributed by atoms with Crippen molar-refractivity contribution in [2.24, 2.45) is 0 Å². The van der Waals surface area contributed by atoms with Crippen molar-refractivity contribution in [3.05, 3.63) is 53.6 Å². The van der Waals surface area contributed by atoms with Crippen molar-refractivity contribution in [3.63, 3.8) is 0 Å². The number of hydrogen-bond donors (Lipinski definition) is 1. The molecule has 28 heavy (non-hydrogen) atoms. The summed E-state index contributed by atoms with van der Waals surface area (Å²) in [6.07, 6.45) is 2.29. The highest BCUT2D eigenvalue weighted by Crippen LogP contribution is 2.38. The van der Waals surface area contributed by atoms with Gasteiger partial charge in [0.1, 0.15) is 13.2 Å². The molecular formula is C22H24N2O4. The second kappa shape index (κ2) is 7.92. The predicted octanol–water partition coefficient (Wildman–Crippen LogP) is 3.32. The van der Waals surface area contributed by atoms with E-state index in [1.807, 2.05) is 47.4 Å². The fraction of sp³-hybridized carbons (Fsp3) is 0.364. The molecule has 6 heteroatoms. The highest BCUT2D eigenvalue weighted by Gasteiger charge is 2.30. The molecule has 0 aliphatic carbocycles. The number of nitrogens with one attached hydrogen (secondary N) is 1. The van der Waals surface area contributed by atoms with Crippen LogP contribution in [0.25, 0.3) is 0 Å². The topological polar surface area (TPSA) is 67.9 Å². The summed E-state index contributed by atoms with van der Waals surface area (Å²) in [5, 5.41) is 2.74. The molecule has 6 nitrogen and oxygen atoms in total. The van der Waals surface area contributed by atoms with E-state index in [-0.39, 0.29) is 17.9 Å². The first-order chi connectivity index (χ1) is 13.6. The molecule has 4 rings (SSSR count). The van der Waals surface area contributed by atoms with Crippen LogP contribution in [0.5, 0.6) is 11.5 Å². The fourth-order valence-corrected chi connectivity index (χ4v) is 3.86. The maximum Gasteiger partial charge on any atom is 0.227 e. The largest absolute Gasteiger partial charge is 0.486 e. The number of ether oxygens (including phenoxy) is 2. The molecule has 1 N–H and O–H groups in total. The van der Waals surface area contributed by atoms with Crippen LogP contribution in [0.15, 0.2) is 42.5 Å². The molecule has 0 saturated carbocycles. The first-order valence-corrected chi connectivity index (χ1v) is 9.66. The fourth-order valence-electron chi connectivity index (χ4n) is 3.86. The Bertz CT molecular complexity index is 879. The molecule has 2 aromatic carbocycles. The van der Waals surface area contributed by atoms with Gasteiger partial charge in [-0.1, -0.05) is 18.2 Å². The lowest BCUT2D eigenvalue weighted by Gasteiger charge is -2.27. The first kappa shape index (κ1) is 18.3. The molecule has 2 amide bonds. The molecule has 2 heterocycles. The van der Waals surface area contributed by atoms with Gasteiger partial charge >= 0.3 is 0 Å². The van der Waals surface area contributed by atoms with Gasteiger partial charge in [-0.05, 0) is 48.2 Å². The van der Waals surface area contributed by atoms with Gasteiger partial charge in [0.2, 0.25) is 11.8 Å². The van der Waals surface area contributed by atoms with Crippen LogP contribution in [-0.4, -0.2) is 36.5 Å². The van der Waals surface area contributed by atoms with Gasteiger partial charge in [-0.2, -0.15) is 0 Å². The number of carbonyl (C=O) groups is 2. The average molecular weight is 380 g/mol. The Labute approximate surface area is 164 Å². The molecule has 0 unspecified atom stereocenters. The molecule has 0 bridgehead atoms. The number of amides is 2. The second-order valence-electron chi connectivity index (χ2n) is 7.20. The third-order valence-corrected chi connectivity index (χ3v) is 5.15. The summed E-state index contributed by atoms with van der Waals surface area (Å²) < 4.78 is 11.3. The van der Waals surface area contributed by atoms with Crippen LogP contribution < -0.4 is 14.8 Å². The first-order valence-electron chi connectivity index (χ1n) is 9.66. The van der Waals surface area contributed by atoms with E-state index in [4.69, 9.17) is 9.47 Å². The minimum Gasteiger partial charge on any atom is -0.486 e. The molecular weight excluding hydrogens is 356 g/mol. The van der Waals surface area contributed by atoms with Gasteiger partial charge in [-0.25, -0.2) is 0 Å². The number of benzene rings is 2. The number of likely N-dealkylation sites (tertiary alicyclic amines) is 1. The van der Waals surface area contributed by atoms with Crippen molar-refractivity contribution in [3.8, 4) is 11.5 Å². The summed E-state index contributed by atoms with van der Waals surface area (Å²) in [4.78, 5) is 26.0. The van der Waals surface area contributed by atoms with Gasteiger partial charge in [0.15, 0.2) is 11.5 Å². The van der Waals surface area contributed by atoms with Gasteiger partial charge in [-0.3, -0.25) is 9.59 Å². The Morgan fingerprint density at radius 2 is 1.82 bits per heavy atom. The Kier molecular flexibility index (Phi) is 5.19.